The summed E-state index contributed by atoms with van der Waals surface area (Å²) in [5.41, 5.74) is 1.75. The van der Waals surface area contributed by atoms with Gasteiger partial charge >= 0.3 is 0 Å². The van der Waals surface area contributed by atoms with Gasteiger partial charge in [0.1, 0.15) is 5.82 Å². The van der Waals surface area contributed by atoms with E-state index in [2.05, 4.69) is 5.32 Å². The molecule has 1 saturated heterocycles. The van der Waals surface area contributed by atoms with Crippen LogP contribution in [0.4, 0.5) is 10.1 Å². The number of carbonyl (C=O) groups is 1. The molecule has 126 valence electrons. The zero-order chi connectivity index (χ0) is 16.9. The molecule has 0 atom stereocenters. The molecular weight excluding hydrogens is 331 g/mol. The molecule has 0 bridgehead atoms. The Morgan fingerprint density at radius 3 is 2.71 bits per heavy atom. The van der Waals surface area contributed by atoms with Gasteiger partial charge in [0.25, 0.3) is 5.91 Å². The highest BCUT2D eigenvalue weighted by molar-refractivity contribution is 6.31. The quantitative estimate of drug-likeness (QED) is 0.918. The third-order valence-electron chi connectivity index (χ3n) is 3.94. The van der Waals surface area contributed by atoms with Crippen LogP contribution >= 0.6 is 11.6 Å². The van der Waals surface area contributed by atoms with Crippen LogP contribution in [0.15, 0.2) is 42.5 Å². The maximum absolute atomic E-state index is 13.8. The standard InChI is InChI=1S/C18H18ClFN2O2/c19-16-5-2-6-17(20)15(16)12-21-14-4-1-3-13(11-14)18(23)22-7-9-24-10-8-22/h1-6,11,21H,7-10,12H2. The maximum Gasteiger partial charge on any atom is 0.254 e. The van der Waals surface area contributed by atoms with Crippen LogP contribution in [0.2, 0.25) is 5.02 Å². The molecule has 0 saturated carbocycles. The van der Waals surface area contributed by atoms with Crippen molar-refractivity contribution in [3.63, 3.8) is 0 Å². The van der Waals surface area contributed by atoms with Gasteiger partial charge in [0, 0.05) is 41.5 Å². The number of rotatable bonds is 4. The van der Waals surface area contributed by atoms with Crippen LogP contribution in [0, 0.1) is 5.82 Å². The second-order valence-corrected chi connectivity index (χ2v) is 5.95. The molecule has 1 aliphatic rings. The highest BCUT2D eigenvalue weighted by Gasteiger charge is 2.18. The van der Waals surface area contributed by atoms with Crippen molar-refractivity contribution < 1.29 is 13.9 Å². The number of hydrogen-bond acceptors (Lipinski definition) is 3. The lowest BCUT2D eigenvalue weighted by molar-refractivity contribution is 0.0303. The Morgan fingerprint density at radius 2 is 1.96 bits per heavy atom. The van der Waals surface area contributed by atoms with Gasteiger partial charge in [-0.05, 0) is 30.3 Å². The fraction of sp³-hybridized carbons (Fsp3) is 0.278. The summed E-state index contributed by atoms with van der Waals surface area (Å²) in [4.78, 5) is 14.3. The lowest BCUT2D eigenvalue weighted by atomic mass is 10.1. The molecule has 0 radical (unpaired) electrons. The molecule has 1 amide bonds. The molecule has 0 spiro atoms. The summed E-state index contributed by atoms with van der Waals surface area (Å²) >= 11 is 6.03. The summed E-state index contributed by atoms with van der Waals surface area (Å²) in [6, 6.07) is 11.8. The molecule has 24 heavy (non-hydrogen) atoms. The zero-order valence-corrected chi connectivity index (χ0v) is 13.9. The van der Waals surface area contributed by atoms with E-state index in [-0.39, 0.29) is 18.3 Å². The number of nitrogens with one attached hydrogen (secondary N) is 1. The van der Waals surface area contributed by atoms with Crippen LogP contribution in [0.5, 0.6) is 0 Å². The number of halogens is 2. The predicted molar refractivity (Wildman–Crippen MR) is 91.9 cm³/mol. The van der Waals surface area contributed by atoms with Gasteiger partial charge in [-0.1, -0.05) is 23.7 Å². The van der Waals surface area contributed by atoms with Crippen molar-refractivity contribution in [1.82, 2.24) is 4.90 Å². The summed E-state index contributed by atoms with van der Waals surface area (Å²) in [5.74, 6) is -0.374. The van der Waals surface area contributed by atoms with Crippen molar-refractivity contribution in [2.45, 2.75) is 6.54 Å². The van der Waals surface area contributed by atoms with Crippen molar-refractivity contribution in [3.05, 3.63) is 64.4 Å². The molecule has 0 aromatic heterocycles. The summed E-state index contributed by atoms with van der Waals surface area (Å²) in [5, 5.41) is 3.50. The largest absolute Gasteiger partial charge is 0.381 e. The average molecular weight is 349 g/mol. The smallest absolute Gasteiger partial charge is 0.254 e. The normalized spacial score (nSPS) is 14.5. The molecule has 2 aromatic rings. The van der Waals surface area contributed by atoms with Gasteiger partial charge in [-0.15, -0.1) is 0 Å². The number of morpholine rings is 1. The summed E-state index contributed by atoms with van der Waals surface area (Å²) < 4.78 is 19.1. The average Bonchev–Trinajstić information content (AvgIpc) is 2.62. The minimum atomic E-state index is -0.351. The van der Waals surface area contributed by atoms with Gasteiger partial charge < -0.3 is 15.0 Å². The minimum Gasteiger partial charge on any atom is -0.381 e. The highest BCUT2D eigenvalue weighted by Crippen LogP contribution is 2.21. The molecule has 6 heteroatoms. The summed E-state index contributed by atoms with van der Waals surface area (Å²) in [6.45, 7) is 2.58. The fourth-order valence-electron chi connectivity index (χ4n) is 2.60. The molecule has 2 aromatic carbocycles. The van der Waals surface area contributed by atoms with Crippen molar-refractivity contribution in [3.8, 4) is 0 Å². The predicted octanol–water partition coefficient (Wildman–Crippen LogP) is 3.56. The number of nitrogens with zero attached hydrogens (tertiary/aromatic N) is 1. The summed E-state index contributed by atoms with van der Waals surface area (Å²) in [7, 11) is 0. The zero-order valence-electron chi connectivity index (χ0n) is 13.1. The Morgan fingerprint density at radius 1 is 1.21 bits per heavy atom. The topological polar surface area (TPSA) is 41.6 Å². The fourth-order valence-corrected chi connectivity index (χ4v) is 2.83. The van der Waals surface area contributed by atoms with Gasteiger partial charge in [0.2, 0.25) is 0 Å². The van der Waals surface area contributed by atoms with Crippen molar-refractivity contribution in [2.75, 3.05) is 31.6 Å². The van der Waals surface area contributed by atoms with Gasteiger partial charge in [-0.3, -0.25) is 4.79 Å². The first kappa shape index (κ1) is 16.7. The number of benzene rings is 2. The number of anilines is 1. The Kier molecular flexibility index (Phi) is 5.33. The Bertz CT molecular complexity index is 712. The molecule has 0 unspecified atom stereocenters. The first-order valence-electron chi connectivity index (χ1n) is 7.79. The summed E-state index contributed by atoms with van der Waals surface area (Å²) in [6.07, 6.45) is 0. The molecule has 0 aliphatic carbocycles. The van der Waals surface area contributed by atoms with Crippen LogP contribution in [-0.2, 0) is 11.3 Å². The second-order valence-electron chi connectivity index (χ2n) is 5.54. The van der Waals surface area contributed by atoms with Gasteiger partial charge in [0.15, 0.2) is 0 Å². The van der Waals surface area contributed by atoms with Crippen molar-refractivity contribution in [1.29, 1.82) is 0 Å². The van der Waals surface area contributed by atoms with E-state index in [1.807, 2.05) is 6.07 Å². The number of hydrogen-bond donors (Lipinski definition) is 1. The van der Waals surface area contributed by atoms with E-state index in [1.165, 1.54) is 6.07 Å². The first-order valence-corrected chi connectivity index (χ1v) is 8.17. The Balaban J connectivity index is 1.70. The van der Waals surface area contributed by atoms with E-state index < -0.39 is 0 Å². The molecular formula is C18H18ClFN2O2. The lowest BCUT2D eigenvalue weighted by Crippen LogP contribution is -2.40. The Hall–Kier alpha value is -2.11. The van der Waals surface area contributed by atoms with E-state index in [4.69, 9.17) is 16.3 Å². The van der Waals surface area contributed by atoms with Crippen LogP contribution in [0.3, 0.4) is 0 Å². The Labute approximate surface area is 145 Å². The SMILES string of the molecule is O=C(c1cccc(NCc2c(F)cccc2Cl)c1)N1CCOCC1. The van der Waals surface area contributed by atoms with Gasteiger partial charge in [-0.2, -0.15) is 0 Å². The van der Waals surface area contributed by atoms with Crippen molar-refractivity contribution in [2.24, 2.45) is 0 Å². The van der Waals surface area contributed by atoms with Crippen LogP contribution < -0.4 is 5.32 Å². The minimum absolute atomic E-state index is 0.0223. The van der Waals surface area contributed by atoms with Crippen molar-refractivity contribution >= 4 is 23.2 Å². The molecule has 1 N–H and O–H groups in total. The lowest BCUT2D eigenvalue weighted by Gasteiger charge is -2.27. The van der Waals surface area contributed by atoms with Crippen LogP contribution in [-0.4, -0.2) is 37.1 Å². The third kappa shape index (κ3) is 3.86. The molecule has 1 heterocycles. The van der Waals surface area contributed by atoms with E-state index in [9.17, 15) is 9.18 Å². The molecule has 1 fully saturated rings. The monoisotopic (exact) mass is 348 g/mol. The van der Waals surface area contributed by atoms with Gasteiger partial charge in [-0.25, -0.2) is 4.39 Å². The maximum atomic E-state index is 13.8. The van der Waals surface area contributed by atoms with E-state index >= 15 is 0 Å². The van der Waals surface area contributed by atoms with Crippen LogP contribution in [0.1, 0.15) is 15.9 Å². The molecule has 4 nitrogen and oxygen atoms in total. The van der Waals surface area contributed by atoms with E-state index in [0.717, 1.165) is 5.69 Å². The highest BCUT2D eigenvalue weighted by atomic mass is 35.5. The second kappa shape index (κ2) is 7.64. The molecule has 3 rings (SSSR count). The van der Waals surface area contributed by atoms with Gasteiger partial charge in [0.05, 0.1) is 13.2 Å². The van der Waals surface area contributed by atoms with Crippen LogP contribution in [0.25, 0.3) is 0 Å². The number of ether oxygens (including phenoxy) is 1. The van der Waals surface area contributed by atoms with E-state index in [0.29, 0.717) is 42.5 Å². The number of amides is 1. The van der Waals surface area contributed by atoms with E-state index in [1.54, 1.807) is 35.2 Å². The first-order chi connectivity index (χ1) is 11.6. The third-order valence-corrected chi connectivity index (χ3v) is 4.29. The molecule has 1 aliphatic heterocycles. The number of carbonyl (C=O) groups excluding carboxylic acids is 1.